The van der Waals surface area contributed by atoms with E-state index in [-0.39, 0.29) is 22.6 Å². The first-order valence-electron chi connectivity index (χ1n) is 7.08. The second-order valence-corrected chi connectivity index (χ2v) is 5.26. The van der Waals surface area contributed by atoms with E-state index in [0.717, 1.165) is 6.07 Å². The molecule has 0 radical (unpaired) electrons. The third kappa shape index (κ3) is 2.66. The maximum absolute atomic E-state index is 11.2. The quantitative estimate of drug-likeness (QED) is 0.505. The molecular weight excluding hydrogens is 314 g/mol. The first kappa shape index (κ1) is 15.9. The summed E-state index contributed by atoms with van der Waals surface area (Å²) in [6, 6.07) is 11.0. The Labute approximate surface area is 137 Å². The van der Waals surface area contributed by atoms with Crippen LogP contribution in [0, 0.1) is 0 Å². The minimum Gasteiger partial charge on any atom is -0.508 e. The monoisotopic (exact) mass is 329 g/mol. The largest absolute Gasteiger partial charge is 0.508 e. The van der Waals surface area contributed by atoms with Gasteiger partial charge in [0, 0.05) is 19.1 Å². The molecule has 7 nitrogen and oxygen atoms in total. The van der Waals surface area contributed by atoms with Crippen LogP contribution in [-0.4, -0.2) is 21.2 Å². The second-order valence-electron chi connectivity index (χ2n) is 5.26. The Balaban J connectivity index is 2.17. The summed E-state index contributed by atoms with van der Waals surface area (Å²) in [5, 5.41) is 30.9. The summed E-state index contributed by atoms with van der Waals surface area (Å²) in [7, 11) is 0. The number of phenolic OH excluding ortho intramolecular Hbond substituents is 2. The van der Waals surface area contributed by atoms with E-state index in [1.807, 2.05) is 0 Å². The zero-order chi connectivity index (χ0) is 17.3. The number of benzene rings is 2. The lowest BCUT2D eigenvalue weighted by Crippen LogP contribution is -2.40. The molecule has 124 valence electrons. The lowest BCUT2D eigenvalue weighted by Gasteiger charge is -2.34. The molecule has 7 heteroatoms. The molecule has 4 N–H and O–H groups in total. The van der Waals surface area contributed by atoms with Crippen molar-refractivity contribution in [2.24, 2.45) is 0 Å². The average molecular weight is 329 g/mol. The molecule has 2 aromatic carbocycles. The smallest absolute Gasteiger partial charge is 0.254 e. The van der Waals surface area contributed by atoms with Crippen LogP contribution in [0.5, 0.6) is 17.2 Å². The SMILES string of the molecule is CC(=O)NOC1(O)C(c2ccccc2)=COc2cc(O)cc(O)c21. The van der Waals surface area contributed by atoms with Crippen LogP contribution in [0.1, 0.15) is 18.1 Å². The molecule has 2 aromatic rings. The van der Waals surface area contributed by atoms with E-state index in [1.54, 1.807) is 30.3 Å². The first-order chi connectivity index (χ1) is 11.4. The van der Waals surface area contributed by atoms with Gasteiger partial charge in [-0.25, -0.2) is 10.3 Å². The molecule has 0 aliphatic carbocycles. The van der Waals surface area contributed by atoms with Gasteiger partial charge < -0.3 is 20.1 Å². The highest BCUT2D eigenvalue weighted by molar-refractivity contribution is 5.77. The third-order valence-electron chi connectivity index (χ3n) is 3.50. The van der Waals surface area contributed by atoms with Crippen LogP contribution in [0.3, 0.4) is 0 Å². The van der Waals surface area contributed by atoms with Gasteiger partial charge in [-0.2, -0.15) is 0 Å². The molecule has 0 bridgehead atoms. The Morgan fingerprint density at radius 3 is 2.58 bits per heavy atom. The third-order valence-corrected chi connectivity index (χ3v) is 3.50. The summed E-state index contributed by atoms with van der Waals surface area (Å²) in [4.78, 5) is 16.4. The summed E-state index contributed by atoms with van der Waals surface area (Å²) >= 11 is 0. The van der Waals surface area contributed by atoms with Gasteiger partial charge in [0.05, 0.1) is 5.57 Å². The van der Waals surface area contributed by atoms with Crippen LogP contribution in [0.25, 0.3) is 5.57 Å². The van der Waals surface area contributed by atoms with Gasteiger partial charge in [0.15, 0.2) is 0 Å². The fraction of sp³-hybridized carbons (Fsp3) is 0.118. The first-order valence-corrected chi connectivity index (χ1v) is 7.08. The molecule has 1 aliphatic heterocycles. The normalized spacial score (nSPS) is 19.0. The van der Waals surface area contributed by atoms with Crippen LogP contribution >= 0.6 is 0 Å². The van der Waals surface area contributed by atoms with Crippen molar-refractivity contribution in [1.82, 2.24) is 5.48 Å². The number of rotatable bonds is 3. The molecule has 0 aromatic heterocycles. The lowest BCUT2D eigenvalue weighted by molar-refractivity contribution is -0.211. The van der Waals surface area contributed by atoms with E-state index in [1.165, 1.54) is 19.3 Å². The van der Waals surface area contributed by atoms with Crippen molar-refractivity contribution in [2.45, 2.75) is 12.7 Å². The van der Waals surface area contributed by atoms with Gasteiger partial charge in [0.1, 0.15) is 29.1 Å². The van der Waals surface area contributed by atoms with Gasteiger partial charge >= 0.3 is 0 Å². The topological polar surface area (TPSA) is 108 Å². The van der Waals surface area contributed by atoms with Crippen molar-refractivity contribution in [1.29, 1.82) is 0 Å². The number of carbonyl (C=O) groups excluding carboxylic acids is 1. The van der Waals surface area contributed by atoms with Crippen LogP contribution < -0.4 is 10.2 Å². The molecular formula is C17H15NO6. The molecule has 0 saturated carbocycles. The summed E-state index contributed by atoms with van der Waals surface area (Å²) in [5.41, 5.74) is 2.68. The Morgan fingerprint density at radius 2 is 1.92 bits per heavy atom. The van der Waals surface area contributed by atoms with E-state index in [0.29, 0.717) is 5.56 Å². The van der Waals surface area contributed by atoms with Gasteiger partial charge in [0.2, 0.25) is 5.91 Å². The second kappa shape index (κ2) is 5.88. The zero-order valence-electron chi connectivity index (χ0n) is 12.7. The van der Waals surface area contributed by atoms with Crippen LogP contribution in [0.2, 0.25) is 0 Å². The molecule has 0 fully saturated rings. The number of carbonyl (C=O) groups is 1. The van der Waals surface area contributed by atoms with Crippen molar-refractivity contribution in [2.75, 3.05) is 0 Å². The van der Waals surface area contributed by atoms with Crippen molar-refractivity contribution < 1.29 is 29.7 Å². The summed E-state index contributed by atoms with van der Waals surface area (Å²) in [6.07, 6.45) is 1.23. The summed E-state index contributed by atoms with van der Waals surface area (Å²) < 4.78 is 5.42. The number of aromatic hydroxyl groups is 2. The van der Waals surface area contributed by atoms with Crippen LogP contribution in [-0.2, 0) is 15.4 Å². The Kier molecular flexibility index (Phi) is 3.88. The number of hydrogen-bond acceptors (Lipinski definition) is 6. The number of fused-ring (bicyclic) bond motifs is 1. The van der Waals surface area contributed by atoms with Gasteiger partial charge in [-0.3, -0.25) is 4.79 Å². The summed E-state index contributed by atoms with van der Waals surface area (Å²) in [5.74, 6) is -3.44. The number of ether oxygens (including phenoxy) is 1. The van der Waals surface area contributed by atoms with E-state index in [2.05, 4.69) is 5.48 Å². The van der Waals surface area contributed by atoms with Crippen molar-refractivity contribution >= 4 is 11.5 Å². The molecule has 24 heavy (non-hydrogen) atoms. The molecule has 3 rings (SSSR count). The zero-order valence-corrected chi connectivity index (χ0v) is 12.7. The highest BCUT2D eigenvalue weighted by Gasteiger charge is 2.45. The van der Waals surface area contributed by atoms with Crippen LogP contribution in [0.15, 0.2) is 48.7 Å². The summed E-state index contributed by atoms with van der Waals surface area (Å²) in [6.45, 7) is 1.21. The van der Waals surface area contributed by atoms with Gasteiger partial charge in [-0.1, -0.05) is 30.3 Å². The van der Waals surface area contributed by atoms with Gasteiger partial charge in [-0.15, -0.1) is 0 Å². The Bertz CT molecular complexity index is 817. The number of hydroxylamine groups is 1. The van der Waals surface area contributed by atoms with Gasteiger partial charge in [0.25, 0.3) is 5.79 Å². The van der Waals surface area contributed by atoms with Crippen molar-refractivity contribution in [3.05, 3.63) is 59.9 Å². The highest BCUT2D eigenvalue weighted by Crippen LogP contribution is 2.49. The lowest BCUT2D eigenvalue weighted by atomic mass is 9.90. The molecule has 1 aliphatic rings. The molecule has 1 atom stereocenters. The number of aliphatic hydroxyl groups is 1. The van der Waals surface area contributed by atoms with Crippen LogP contribution in [0.4, 0.5) is 0 Å². The predicted octanol–water partition coefficient (Wildman–Crippen LogP) is 1.74. The minimum absolute atomic E-state index is 0.0000307. The van der Waals surface area contributed by atoms with E-state index >= 15 is 0 Å². The van der Waals surface area contributed by atoms with Crippen molar-refractivity contribution in [3.8, 4) is 17.2 Å². The number of nitrogens with one attached hydrogen (secondary N) is 1. The Morgan fingerprint density at radius 1 is 1.21 bits per heavy atom. The number of hydrogen-bond donors (Lipinski definition) is 4. The minimum atomic E-state index is -2.21. The van der Waals surface area contributed by atoms with E-state index in [4.69, 9.17) is 9.57 Å². The molecule has 0 spiro atoms. The molecule has 1 amide bonds. The molecule has 1 unspecified atom stereocenters. The highest BCUT2D eigenvalue weighted by atomic mass is 16.7. The predicted molar refractivity (Wildman–Crippen MR) is 83.6 cm³/mol. The fourth-order valence-corrected chi connectivity index (χ4v) is 2.49. The average Bonchev–Trinajstić information content (AvgIpc) is 2.53. The van der Waals surface area contributed by atoms with E-state index < -0.39 is 17.4 Å². The Hall–Kier alpha value is -3.03. The van der Waals surface area contributed by atoms with Crippen molar-refractivity contribution in [3.63, 3.8) is 0 Å². The maximum Gasteiger partial charge on any atom is 0.254 e. The molecule has 0 saturated heterocycles. The number of phenols is 2. The fourth-order valence-electron chi connectivity index (χ4n) is 2.49. The maximum atomic E-state index is 11.2. The standard InChI is InChI=1S/C17H15NO6/c1-10(19)18-24-17(22)13(11-5-3-2-4-6-11)9-23-15-8-12(20)7-14(21)16(15)17/h2-9,20-22H,1H3,(H,18,19). The molecule has 1 heterocycles. The van der Waals surface area contributed by atoms with E-state index in [9.17, 15) is 20.1 Å². The van der Waals surface area contributed by atoms with Gasteiger partial charge in [-0.05, 0) is 5.56 Å². The number of amides is 1.